The predicted octanol–water partition coefficient (Wildman–Crippen LogP) is 3.78. The first-order chi connectivity index (χ1) is 11.9. The number of hydrogen-bond acceptors (Lipinski definition) is 4. The van der Waals surface area contributed by atoms with E-state index in [-0.39, 0.29) is 0 Å². The lowest BCUT2D eigenvalue weighted by molar-refractivity contribution is 0.307. The first-order valence-corrected chi connectivity index (χ1v) is 7.63. The summed E-state index contributed by atoms with van der Waals surface area (Å²) in [6.45, 7) is 0. The zero-order valence-corrected chi connectivity index (χ0v) is 13.5. The molecule has 3 rings (SSSR count). The number of nitrogens with two attached hydrogens (primary N) is 1. The molecule has 0 heterocycles. The van der Waals surface area contributed by atoms with Crippen molar-refractivity contribution in [2.24, 2.45) is 5.73 Å². The van der Waals surface area contributed by atoms with Crippen LogP contribution in [0.3, 0.4) is 0 Å². The summed E-state index contributed by atoms with van der Waals surface area (Å²) in [4.78, 5) is 0. The average Bonchev–Trinajstić information content (AvgIpc) is 2.66. The molecule has 122 valence electrons. The molecule has 0 saturated heterocycles. The van der Waals surface area contributed by atoms with Gasteiger partial charge in [-0.2, -0.15) is 0 Å². The lowest BCUT2D eigenvalue weighted by Crippen LogP contribution is -2.36. The van der Waals surface area contributed by atoms with Crippen LogP contribution in [0.2, 0.25) is 0 Å². The van der Waals surface area contributed by atoms with Gasteiger partial charge in [0, 0.05) is 0 Å². The summed E-state index contributed by atoms with van der Waals surface area (Å²) in [7, 11) is 0.632. The molecule has 4 nitrogen and oxygen atoms in total. The van der Waals surface area contributed by atoms with Gasteiger partial charge in [0.15, 0.2) is 0 Å². The molecule has 3 aromatic rings. The molecule has 24 heavy (non-hydrogen) atoms. The van der Waals surface area contributed by atoms with Crippen LogP contribution in [-0.2, 0) is 0 Å². The minimum absolute atomic E-state index is 0.680. The second-order valence-electron chi connectivity index (χ2n) is 4.58. The molecule has 0 aliphatic rings. The van der Waals surface area contributed by atoms with Gasteiger partial charge in [-0.25, -0.2) is 0 Å². The van der Waals surface area contributed by atoms with Crippen LogP contribution in [0, 0.1) is 0 Å². The van der Waals surface area contributed by atoms with Crippen LogP contribution in [0.25, 0.3) is 0 Å². The van der Waals surface area contributed by atoms with Gasteiger partial charge in [0.1, 0.15) is 17.2 Å². The summed E-state index contributed by atoms with van der Waals surface area (Å²) < 4.78 is 17.3. The molecular weight excluding hydrogens is 301 g/mol. The van der Waals surface area contributed by atoms with Crippen LogP contribution in [-0.4, -0.2) is 14.4 Å². The Balaban J connectivity index is 0.00000100. The number of para-hydroxylation sites is 3. The molecular formula is C19H20BNO3. The maximum absolute atomic E-state index is 5.78. The third-order valence-electron chi connectivity index (χ3n) is 2.93. The van der Waals surface area contributed by atoms with E-state index >= 15 is 0 Å². The maximum atomic E-state index is 5.78. The molecule has 0 aliphatic carbocycles. The van der Waals surface area contributed by atoms with Crippen molar-refractivity contribution in [1.82, 2.24) is 0 Å². The molecule has 0 aromatic heterocycles. The van der Waals surface area contributed by atoms with Crippen molar-refractivity contribution in [3.63, 3.8) is 0 Å². The van der Waals surface area contributed by atoms with Crippen LogP contribution in [0.5, 0.6) is 17.2 Å². The van der Waals surface area contributed by atoms with E-state index in [1.807, 2.05) is 91.0 Å². The molecule has 0 unspecified atom stereocenters. The molecule has 0 bridgehead atoms. The van der Waals surface area contributed by atoms with Crippen molar-refractivity contribution in [3.8, 4) is 17.2 Å². The van der Waals surface area contributed by atoms with Gasteiger partial charge in [-0.15, -0.1) is 0 Å². The highest BCUT2D eigenvalue weighted by Crippen LogP contribution is 2.17. The molecule has 0 atom stereocenters. The van der Waals surface area contributed by atoms with Crippen molar-refractivity contribution in [2.75, 3.05) is 7.05 Å². The van der Waals surface area contributed by atoms with Gasteiger partial charge in [-0.05, 0) is 43.4 Å². The Hall–Kier alpha value is -2.92. The van der Waals surface area contributed by atoms with Gasteiger partial charge in [-0.1, -0.05) is 54.6 Å². The van der Waals surface area contributed by atoms with Gasteiger partial charge in [-0.3, -0.25) is 0 Å². The number of hydrogen-bond donors (Lipinski definition) is 1. The monoisotopic (exact) mass is 321 g/mol. The lowest BCUT2D eigenvalue weighted by Gasteiger charge is -2.16. The molecule has 0 fully saturated rings. The van der Waals surface area contributed by atoms with E-state index in [0.29, 0.717) is 17.2 Å². The maximum Gasteiger partial charge on any atom is 0.864 e. The van der Waals surface area contributed by atoms with E-state index in [1.54, 1.807) is 0 Å². The Morgan fingerprint density at radius 1 is 0.500 bits per heavy atom. The highest BCUT2D eigenvalue weighted by molar-refractivity contribution is 6.39. The first kappa shape index (κ1) is 17.4. The zero-order chi connectivity index (χ0) is 17.0. The second kappa shape index (κ2) is 9.97. The van der Waals surface area contributed by atoms with Crippen molar-refractivity contribution < 1.29 is 14.0 Å². The molecule has 5 heteroatoms. The topological polar surface area (TPSA) is 53.7 Å². The fourth-order valence-corrected chi connectivity index (χ4v) is 1.90. The molecule has 0 spiro atoms. The highest BCUT2D eigenvalue weighted by Gasteiger charge is 2.29. The van der Waals surface area contributed by atoms with Gasteiger partial charge in [0.05, 0.1) is 0 Å². The van der Waals surface area contributed by atoms with Crippen molar-refractivity contribution >= 4 is 7.32 Å². The van der Waals surface area contributed by atoms with E-state index < -0.39 is 7.32 Å². The molecule has 0 saturated carbocycles. The van der Waals surface area contributed by atoms with Crippen LogP contribution < -0.4 is 19.7 Å². The molecule has 0 amide bonds. The Morgan fingerprint density at radius 3 is 1.00 bits per heavy atom. The summed E-state index contributed by atoms with van der Waals surface area (Å²) in [5.74, 6) is 2.04. The van der Waals surface area contributed by atoms with E-state index in [9.17, 15) is 0 Å². The largest absolute Gasteiger partial charge is 0.864 e. The van der Waals surface area contributed by atoms with E-state index in [2.05, 4.69) is 5.73 Å². The summed E-state index contributed by atoms with van der Waals surface area (Å²) in [5.41, 5.74) is 4.50. The third-order valence-corrected chi connectivity index (χ3v) is 2.93. The van der Waals surface area contributed by atoms with E-state index in [0.717, 1.165) is 0 Å². The smallest absolute Gasteiger partial charge is 0.490 e. The lowest BCUT2D eigenvalue weighted by atomic mass is 10.2. The minimum Gasteiger partial charge on any atom is -0.490 e. The zero-order valence-electron chi connectivity index (χ0n) is 13.5. The van der Waals surface area contributed by atoms with Gasteiger partial charge in [0.25, 0.3) is 0 Å². The Labute approximate surface area is 143 Å². The highest BCUT2D eigenvalue weighted by atomic mass is 16.7. The fraction of sp³-hybridized carbons (Fsp3) is 0.0526. The van der Waals surface area contributed by atoms with Crippen LogP contribution in [0.1, 0.15) is 0 Å². The van der Waals surface area contributed by atoms with Gasteiger partial charge < -0.3 is 19.7 Å². The van der Waals surface area contributed by atoms with E-state index in [1.165, 1.54) is 7.05 Å². The second-order valence-corrected chi connectivity index (χ2v) is 4.58. The van der Waals surface area contributed by atoms with E-state index in [4.69, 9.17) is 14.0 Å². The average molecular weight is 321 g/mol. The van der Waals surface area contributed by atoms with Gasteiger partial charge >= 0.3 is 7.32 Å². The molecule has 0 radical (unpaired) electrons. The summed E-state index contributed by atoms with van der Waals surface area (Å²) in [6.07, 6.45) is 0. The SMILES string of the molecule is CN.c1ccc(OB(Oc2ccccc2)Oc2ccccc2)cc1. The molecule has 2 N–H and O–H groups in total. The third kappa shape index (κ3) is 5.70. The Kier molecular flexibility index (Phi) is 7.25. The fourth-order valence-electron chi connectivity index (χ4n) is 1.90. The first-order valence-electron chi connectivity index (χ1n) is 7.63. The number of benzene rings is 3. The standard InChI is InChI=1S/C18H15BO3.CH5N/c1-4-10-16(11-5-1)20-19(21-17-12-6-2-7-13-17)22-18-14-8-3-9-15-18;1-2/h1-15H;2H2,1H3. The van der Waals surface area contributed by atoms with Crippen molar-refractivity contribution in [3.05, 3.63) is 91.0 Å². The van der Waals surface area contributed by atoms with Gasteiger partial charge in [0.2, 0.25) is 0 Å². The van der Waals surface area contributed by atoms with Crippen LogP contribution >= 0.6 is 0 Å². The summed E-state index contributed by atoms with van der Waals surface area (Å²) >= 11 is 0. The normalized spacial score (nSPS) is 9.25. The molecule has 0 aliphatic heterocycles. The minimum atomic E-state index is -0.868. The Morgan fingerprint density at radius 2 is 0.750 bits per heavy atom. The van der Waals surface area contributed by atoms with Crippen molar-refractivity contribution in [1.29, 1.82) is 0 Å². The Bertz CT molecular complexity index is 582. The summed E-state index contributed by atoms with van der Waals surface area (Å²) in [6, 6.07) is 28.3. The predicted molar refractivity (Wildman–Crippen MR) is 97.1 cm³/mol. The molecule has 3 aromatic carbocycles. The number of rotatable bonds is 6. The van der Waals surface area contributed by atoms with Crippen LogP contribution in [0.4, 0.5) is 0 Å². The van der Waals surface area contributed by atoms with Crippen LogP contribution in [0.15, 0.2) is 91.0 Å². The summed E-state index contributed by atoms with van der Waals surface area (Å²) in [5, 5.41) is 0. The van der Waals surface area contributed by atoms with Crippen molar-refractivity contribution in [2.45, 2.75) is 0 Å². The quantitative estimate of drug-likeness (QED) is 0.702.